The van der Waals surface area contributed by atoms with Crippen molar-refractivity contribution < 1.29 is 9.59 Å². The largest absolute Gasteiger partial charge is 0.359 e. The van der Waals surface area contributed by atoms with Gasteiger partial charge in [0.05, 0.1) is 0 Å². The molecule has 2 rings (SSSR count). The number of carbonyl (C=O) groups is 2. The molecule has 2 N–H and O–H groups in total. The Bertz CT molecular complexity index is 636. The van der Waals surface area contributed by atoms with Crippen LogP contribution in [0, 0.1) is 0 Å². The summed E-state index contributed by atoms with van der Waals surface area (Å²) in [6.45, 7) is 0. The highest BCUT2D eigenvalue weighted by Crippen LogP contribution is 2.12. The van der Waals surface area contributed by atoms with Gasteiger partial charge in [0.15, 0.2) is 0 Å². The van der Waals surface area contributed by atoms with E-state index >= 15 is 0 Å². The molecule has 4 nitrogen and oxygen atoms in total. The standard InChI is InChI=1S/C19H22N2O2/c1-20-18(22)13-9-16-7-11-17(12-8-16)21-19(23)14-10-15-5-3-2-4-6-15/h2-8,11-12H,9-10,13-14H2,1H3,(H,20,22)(H,21,23). The SMILES string of the molecule is CNC(=O)CCc1ccc(NC(=O)CCc2ccccc2)cc1. The molecule has 0 saturated heterocycles. The Kier molecular flexibility index (Phi) is 6.36. The number of hydrogen-bond acceptors (Lipinski definition) is 2. The summed E-state index contributed by atoms with van der Waals surface area (Å²) in [5.41, 5.74) is 3.02. The Balaban J connectivity index is 1.78. The van der Waals surface area contributed by atoms with E-state index in [-0.39, 0.29) is 11.8 Å². The normalized spacial score (nSPS) is 10.1. The summed E-state index contributed by atoms with van der Waals surface area (Å²) >= 11 is 0. The maximum Gasteiger partial charge on any atom is 0.224 e. The lowest BCUT2D eigenvalue weighted by Crippen LogP contribution is -2.17. The first kappa shape index (κ1) is 16.7. The van der Waals surface area contributed by atoms with Crippen molar-refractivity contribution in [1.82, 2.24) is 5.32 Å². The smallest absolute Gasteiger partial charge is 0.224 e. The van der Waals surface area contributed by atoms with E-state index in [1.165, 1.54) is 0 Å². The molecule has 0 aliphatic heterocycles. The molecule has 4 heteroatoms. The second-order valence-electron chi connectivity index (χ2n) is 5.40. The highest BCUT2D eigenvalue weighted by molar-refractivity contribution is 5.90. The molecule has 2 aromatic rings. The summed E-state index contributed by atoms with van der Waals surface area (Å²) < 4.78 is 0. The molecule has 0 saturated carbocycles. The minimum absolute atomic E-state index is 0.00645. The van der Waals surface area contributed by atoms with Crippen LogP contribution in [0.3, 0.4) is 0 Å². The summed E-state index contributed by atoms with van der Waals surface area (Å²) in [7, 11) is 1.64. The molecular formula is C19H22N2O2. The summed E-state index contributed by atoms with van der Waals surface area (Å²) in [4.78, 5) is 23.2. The zero-order valence-electron chi connectivity index (χ0n) is 13.3. The van der Waals surface area contributed by atoms with Crippen LogP contribution in [0.25, 0.3) is 0 Å². The first-order valence-electron chi connectivity index (χ1n) is 7.80. The minimum atomic E-state index is 0.00645. The monoisotopic (exact) mass is 310 g/mol. The van der Waals surface area contributed by atoms with Gasteiger partial charge in [-0.1, -0.05) is 42.5 Å². The van der Waals surface area contributed by atoms with Gasteiger partial charge in [-0.3, -0.25) is 9.59 Å². The maximum atomic E-state index is 12.0. The van der Waals surface area contributed by atoms with Crippen LogP contribution >= 0.6 is 0 Å². The molecule has 0 radical (unpaired) electrons. The lowest BCUT2D eigenvalue weighted by atomic mass is 10.1. The number of amides is 2. The Morgan fingerprint density at radius 3 is 1.96 bits per heavy atom. The van der Waals surface area contributed by atoms with Crippen LogP contribution < -0.4 is 10.6 Å². The minimum Gasteiger partial charge on any atom is -0.359 e. The Morgan fingerprint density at radius 1 is 0.783 bits per heavy atom. The van der Waals surface area contributed by atoms with E-state index in [1.807, 2.05) is 54.6 Å². The molecule has 0 aliphatic rings. The number of aryl methyl sites for hydroxylation is 2. The molecule has 0 atom stereocenters. The maximum absolute atomic E-state index is 12.0. The number of rotatable bonds is 7. The van der Waals surface area contributed by atoms with Gasteiger partial charge >= 0.3 is 0 Å². The Hall–Kier alpha value is -2.62. The fourth-order valence-electron chi connectivity index (χ4n) is 2.26. The van der Waals surface area contributed by atoms with Gasteiger partial charge in [-0.2, -0.15) is 0 Å². The number of carbonyl (C=O) groups excluding carboxylic acids is 2. The average molecular weight is 310 g/mol. The topological polar surface area (TPSA) is 58.2 Å². The summed E-state index contributed by atoms with van der Waals surface area (Å²) in [5.74, 6) is 0.0373. The zero-order valence-corrected chi connectivity index (χ0v) is 13.3. The second-order valence-corrected chi connectivity index (χ2v) is 5.40. The van der Waals surface area contributed by atoms with Crippen LogP contribution in [0.5, 0.6) is 0 Å². The lowest BCUT2D eigenvalue weighted by Gasteiger charge is -2.07. The quantitative estimate of drug-likeness (QED) is 0.826. The van der Waals surface area contributed by atoms with E-state index < -0.39 is 0 Å². The number of benzene rings is 2. The number of hydrogen-bond donors (Lipinski definition) is 2. The molecule has 2 aromatic carbocycles. The van der Waals surface area contributed by atoms with Crippen molar-refractivity contribution in [3.8, 4) is 0 Å². The summed E-state index contributed by atoms with van der Waals surface area (Å²) in [5, 5.41) is 5.50. The third-order valence-corrected chi connectivity index (χ3v) is 3.64. The van der Waals surface area contributed by atoms with Crippen molar-refractivity contribution in [3.63, 3.8) is 0 Å². The van der Waals surface area contributed by atoms with Crippen molar-refractivity contribution >= 4 is 17.5 Å². The summed E-state index contributed by atoms with van der Waals surface area (Å²) in [6.07, 6.45) is 2.36. The van der Waals surface area contributed by atoms with Gasteiger partial charge in [0.2, 0.25) is 11.8 Å². The van der Waals surface area contributed by atoms with E-state index in [4.69, 9.17) is 0 Å². The molecule has 0 aromatic heterocycles. The first-order valence-corrected chi connectivity index (χ1v) is 7.80. The van der Waals surface area contributed by atoms with Gasteiger partial charge in [-0.05, 0) is 36.1 Å². The van der Waals surface area contributed by atoms with Gasteiger partial charge in [0.1, 0.15) is 0 Å². The fraction of sp³-hybridized carbons (Fsp3) is 0.263. The molecule has 0 aliphatic carbocycles. The highest BCUT2D eigenvalue weighted by Gasteiger charge is 2.04. The van der Waals surface area contributed by atoms with Crippen molar-refractivity contribution in [3.05, 3.63) is 65.7 Å². The molecule has 120 valence electrons. The molecule has 0 spiro atoms. The fourth-order valence-corrected chi connectivity index (χ4v) is 2.26. The van der Waals surface area contributed by atoms with E-state index in [1.54, 1.807) is 7.05 Å². The van der Waals surface area contributed by atoms with E-state index in [2.05, 4.69) is 10.6 Å². The molecule has 0 bridgehead atoms. The van der Waals surface area contributed by atoms with Crippen LogP contribution in [0.15, 0.2) is 54.6 Å². The van der Waals surface area contributed by atoms with Gasteiger partial charge in [0.25, 0.3) is 0 Å². The van der Waals surface area contributed by atoms with Gasteiger partial charge in [0, 0.05) is 25.6 Å². The average Bonchev–Trinajstić information content (AvgIpc) is 2.60. The first-order chi connectivity index (χ1) is 11.2. The number of nitrogens with one attached hydrogen (secondary N) is 2. The van der Waals surface area contributed by atoms with Crippen LogP contribution in [0.1, 0.15) is 24.0 Å². The van der Waals surface area contributed by atoms with Crippen molar-refractivity contribution in [2.24, 2.45) is 0 Å². The molecule has 0 unspecified atom stereocenters. The summed E-state index contributed by atoms with van der Waals surface area (Å²) in [6, 6.07) is 17.6. The molecule has 0 heterocycles. The van der Waals surface area contributed by atoms with Crippen LogP contribution in [-0.2, 0) is 22.4 Å². The third-order valence-electron chi connectivity index (χ3n) is 3.64. The van der Waals surface area contributed by atoms with E-state index in [0.29, 0.717) is 19.3 Å². The van der Waals surface area contributed by atoms with E-state index in [0.717, 1.165) is 23.2 Å². The van der Waals surface area contributed by atoms with Gasteiger partial charge < -0.3 is 10.6 Å². The lowest BCUT2D eigenvalue weighted by molar-refractivity contribution is -0.120. The predicted octanol–water partition coefficient (Wildman–Crippen LogP) is 2.94. The Morgan fingerprint density at radius 2 is 1.35 bits per heavy atom. The Labute approximate surface area is 136 Å². The van der Waals surface area contributed by atoms with E-state index in [9.17, 15) is 9.59 Å². The number of anilines is 1. The van der Waals surface area contributed by atoms with Crippen molar-refractivity contribution in [2.45, 2.75) is 25.7 Å². The molecule has 0 fully saturated rings. The zero-order chi connectivity index (χ0) is 16.5. The van der Waals surface area contributed by atoms with Gasteiger partial charge in [-0.15, -0.1) is 0 Å². The van der Waals surface area contributed by atoms with Crippen LogP contribution in [-0.4, -0.2) is 18.9 Å². The van der Waals surface area contributed by atoms with Gasteiger partial charge in [-0.25, -0.2) is 0 Å². The third kappa shape index (κ3) is 5.94. The van der Waals surface area contributed by atoms with Crippen molar-refractivity contribution in [1.29, 1.82) is 0 Å². The van der Waals surface area contributed by atoms with Crippen molar-refractivity contribution in [2.75, 3.05) is 12.4 Å². The highest BCUT2D eigenvalue weighted by atomic mass is 16.2. The second kappa shape index (κ2) is 8.73. The molecule has 2 amide bonds. The van der Waals surface area contributed by atoms with Crippen LogP contribution in [0.2, 0.25) is 0 Å². The molecule has 23 heavy (non-hydrogen) atoms. The predicted molar refractivity (Wildman–Crippen MR) is 92.2 cm³/mol. The van der Waals surface area contributed by atoms with Crippen LogP contribution in [0.4, 0.5) is 5.69 Å². The molecular weight excluding hydrogens is 288 g/mol.